The zero-order valence-corrected chi connectivity index (χ0v) is 11.6. The fourth-order valence-electron chi connectivity index (χ4n) is 2.69. The number of rotatable bonds is 6. The van der Waals surface area contributed by atoms with E-state index in [4.69, 9.17) is 0 Å². The zero-order valence-electron chi connectivity index (χ0n) is 11.6. The van der Waals surface area contributed by atoms with Crippen LogP contribution >= 0.6 is 0 Å². The smallest absolute Gasteiger partial charge is 0.0624 e. The molecule has 0 aromatic carbocycles. The van der Waals surface area contributed by atoms with Gasteiger partial charge in [0.25, 0.3) is 0 Å². The van der Waals surface area contributed by atoms with Gasteiger partial charge in [-0.05, 0) is 58.1 Å². The summed E-state index contributed by atoms with van der Waals surface area (Å²) in [5, 5.41) is 8.06. The van der Waals surface area contributed by atoms with Gasteiger partial charge in [-0.15, -0.1) is 0 Å². The predicted molar refractivity (Wildman–Crippen MR) is 71.2 cm³/mol. The van der Waals surface area contributed by atoms with Crippen LogP contribution in [0.2, 0.25) is 0 Å². The largest absolute Gasteiger partial charge is 0.317 e. The Morgan fingerprint density at radius 1 is 1.47 bits per heavy atom. The van der Waals surface area contributed by atoms with E-state index in [-0.39, 0.29) is 0 Å². The van der Waals surface area contributed by atoms with Crippen LogP contribution in [0.15, 0.2) is 6.07 Å². The van der Waals surface area contributed by atoms with Crippen LogP contribution < -0.4 is 5.32 Å². The van der Waals surface area contributed by atoms with Gasteiger partial charge < -0.3 is 5.32 Å². The molecule has 1 aliphatic carbocycles. The Hall–Kier alpha value is -0.830. The van der Waals surface area contributed by atoms with Gasteiger partial charge >= 0.3 is 0 Å². The summed E-state index contributed by atoms with van der Waals surface area (Å²) >= 11 is 0. The molecule has 1 saturated carbocycles. The summed E-state index contributed by atoms with van der Waals surface area (Å²) < 4.78 is 2.18. The first-order chi connectivity index (χ1) is 8.15. The van der Waals surface area contributed by atoms with E-state index in [1.807, 2.05) is 0 Å². The van der Waals surface area contributed by atoms with Crippen LogP contribution in [-0.2, 0) is 19.4 Å². The highest BCUT2D eigenvalue weighted by atomic mass is 15.3. The molecule has 0 radical (unpaired) electrons. The van der Waals surface area contributed by atoms with Gasteiger partial charge in [-0.2, -0.15) is 5.10 Å². The molecule has 1 fully saturated rings. The molecule has 1 aromatic rings. The fraction of sp³-hybridized carbons (Fsp3) is 0.786. The highest BCUT2D eigenvalue weighted by Crippen LogP contribution is 2.51. The van der Waals surface area contributed by atoms with E-state index in [2.05, 4.69) is 49.0 Å². The Morgan fingerprint density at radius 2 is 2.18 bits per heavy atom. The second-order valence-electron chi connectivity index (χ2n) is 5.35. The van der Waals surface area contributed by atoms with Crippen molar-refractivity contribution in [1.29, 1.82) is 0 Å². The topological polar surface area (TPSA) is 29.9 Å². The normalized spacial score (nSPS) is 19.3. The van der Waals surface area contributed by atoms with Crippen LogP contribution in [0.3, 0.4) is 0 Å². The second-order valence-corrected chi connectivity index (χ2v) is 5.35. The first-order valence-corrected chi connectivity index (χ1v) is 6.88. The molecular formula is C14H25N3. The molecule has 0 aliphatic heterocycles. The molecule has 17 heavy (non-hydrogen) atoms. The number of hydrogen-bond donors (Lipinski definition) is 1. The molecule has 3 heteroatoms. The van der Waals surface area contributed by atoms with E-state index < -0.39 is 0 Å². The van der Waals surface area contributed by atoms with E-state index in [0.717, 1.165) is 13.0 Å². The monoisotopic (exact) mass is 235 g/mol. The Bertz CT molecular complexity index is 377. The summed E-state index contributed by atoms with van der Waals surface area (Å²) in [6, 6.07) is 2.90. The van der Waals surface area contributed by atoms with Gasteiger partial charge in [-0.1, -0.05) is 6.92 Å². The molecule has 1 heterocycles. The maximum absolute atomic E-state index is 4.64. The minimum atomic E-state index is 0.493. The van der Waals surface area contributed by atoms with Crippen LogP contribution in [0.5, 0.6) is 0 Å². The lowest BCUT2D eigenvalue weighted by atomic mass is 9.92. The number of nitrogens with one attached hydrogen (secondary N) is 1. The van der Waals surface area contributed by atoms with Crippen LogP contribution in [0, 0.1) is 5.41 Å². The molecule has 1 aromatic heterocycles. The van der Waals surface area contributed by atoms with Crippen molar-refractivity contribution in [2.24, 2.45) is 5.41 Å². The SMILES string of the molecule is CCc1cc(CC2(C(C)NC)CC2)n(CC)n1. The second kappa shape index (κ2) is 4.81. The highest BCUT2D eigenvalue weighted by Gasteiger charge is 2.47. The summed E-state index contributed by atoms with van der Waals surface area (Å²) in [5.41, 5.74) is 3.14. The number of aromatic nitrogens is 2. The van der Waals surface area contributed by atoms with Crippen molar-refractivity contribution in [2.45, 2.75) is 59.0 Å². The molecule has 1 unspecified atom stereocenters. The Labute approximate surface area is 105 Å². The minimum Gasteiger partial charge on any atom is -0.317 e. The summed E-state index contributed by atoms with van der Waals surface area (Å²) in [5.74, 6) is 0. The Morgan fingerprint density at radius 3 is 2.65 bits per heavy atom. The van der Waals surface area contributed by atoms with Crippen molar-refractivity contribution in [3.63, 3.8) is 0 Å². The maximum Gasteiger partial charge on any atom is 0.0624 e. The van der Waals surface area contributed by atoms with Gasteiger partial charge in [0, 0.05) is 18.3 Å². The molecule has 1 N–H and O–H groups in total. The summed E-state index contributed by atoms with van der Waals surface area (Å²) in [6.45, 7) is 7.64. The van der Waals surface area contributed by atoms with Gasteiger partial charge in [-0.3, -0.25) is 4.68 Å². The molecule has 1 aliphatic rings. The maximum atomic E-state index is 4.64. The van der Waals surface area contributed by atoms with Gasteiger partial charge in [0.05, 0.1) is 5.69 Å². The standard InChI is InChI=1S/C14H25N3/c1-5-12-9-13(17(6-2)16-12)10-14(7-8-14)11(3)15-4/h9,11,15H,5-8,10H2,1-4H3. The third kappa shape index (κ3) is 2.39. The van der Waals surface area contributed by atoms with Crippen LogP contribution in [-0.4, -0.2) is 22.9 Å². The van der Waals surface area contributed by atoms with Crippen molar-refractivity contribution >= 4 is 0 Å². The number of aryl methyl sites for hydroxylation is 2. The van der Waals surface area contributed by atoms with Gasteiger partial charge in [0.2, 0.25) is 0 Å². The predicted octanol–water partition coefficient (Wildman–Crippen LogP) is 2.40. The average molecular weight is 235 g/mol. The molecule has 0 bridgehead atoms. The molecule has 3 nitrogen and oxygen atoms in total. The fourth-order valence-corrected chi connectivity index (χ4v) is 2.69. The van der Waals surface area contributed by atoms with E-state index in [9.17, 15) is 0 Å². The Balaban J connectivity index is 2.15. The van der Waals surface area contributed by atoms with E-state index in [1.54, 1.807) is 0 Å². The summed E-state index contributed by atoms with van der Waals surface area (Å²) in [7, 11) is 2.07. The molecule has 1 atom stereocenters. The van der Waals surface area contributed by atoms with E-state index in [0.29, 0.717) is 11.5 Å². The molecular weight excluding hydrogens is 210 g/mol. The summed E-state index contributed by atoms with van der Waals surface area (Å²) in [6.07, 6.45) is 4.92. The molecule has 0 spiro atoms. The lowest BCUT2D eigenvalue weighted by Gasteiger charge is -2.23. The van der Waals surface area contributed by atoms with Gasteiger partial charge in [0.15, 0.2) is 0 Å². The zero-order chi connectivity index (χ0) is 12.5. The third-order valence-corrected chi connectivity index (χ3v) is 4.35. The van der Waals surface area contributed by atoms with Crippen molar-refractivity contribution < 1.29 is 0 Å². The average Bonchev–Trinajstić information content (AvgIpc) is 3.02. The third-order valence-electron chi connectivity index (χ3n) is 4.35. The molecule has 0 amide bonds. The van der Waals surface area contributed by atoms with Gasteiger partial charge in [-0.25, -0.2) is 0 Å². The van der Waals surface area contributed by atoms with Crippen molar-refractivity contribution in [3.8, 4) is 0 Å². The van der Waals surface area contributed by atoms with Crippen molar-refractivity contribution in [1.82, 2.24) is 15.1 Å². The number of hydrogen-bond acceptors (Lipinski definition) is 2. The lowest BCUT2D eigenvalue weighted by molar-refractivity contribution is 0.359. The quantitative estimate of drug-likeness (QED) is 0.820. The van der Waals surface area contributed by atoms with E-state index >= 15 is 0 Å². The van der Waals surface area contributed by atoms with E-state index in [1.165, 1.54) is 30.7 Å². The minimum absolute atomic E-state index is 0.493. The van der Waals surface area contributed by atoms with Crippen molar-refractivity contribution in [2.75, 3.05) is 7.05 Å². The highest BCUT2D eigenvalue weighted by molar-refractivity contribution is 5.16. The Kier molecular flexibility index (Phi) is 3.57. The van der Waals surface area contributed by atoms with Crippen LogP contribution in [0.4, 0.5) is 0 Å². The summed E-state index contributed by atoms with van der Waals surface area (Å²) in [4.78, 5) is 0. The lowest BCUT2D eigenvalue weighted by Crippen LogP contribution is -2.33. The van der Waals surface area contributed by atoms with Crippen molar-refractivity contribution in [3.05, 3.63) is 17.5 Å². The van der Waals surface area contributed by atoms with Gasteiger partial charge in [0.1, 0.15) is 0 Å². The van der Waals surface area contributed by atoms with Crippen LogP contribution in [0.25, 0.3) is 0 Å². The van der Waals surface area contributed by atoms with Crippen LogP contribution in [0.1, 0.15) is 45.0 Å². The first-order valence-electron chi connectivity index (χ1n) is 6.88. The number of nitrogens with zero attached hydrogens (tertiary/aromatic N) is 2. The molecule has 0 saturated heterocycles. The first kappa shape index (κ1) is 12.6. The molecule has 96 valence electrons. The molecule has 2 rings (SSSR count).